The first-order valence-corrected chi connectivity index (χ1v) is 21.2. The Labute approximate surface area is 350 Å². The zero-order chi connectivity index (χ0) is 40.1. The number of benzene rings is 9. The predicted octanol–water partition coefficient (Wildman–Crippen LogP) is 15.2. The molecule has 4 heterocycles. The van der Waals surface area contributed by atoms with Crippen molar-refractivity contribution in [2.45, 2.75) is 19.3 Å². The van der Waals surface area contributed by atoms with Crippen LogP contribution >= 0.6 is 0 Å². The summed E-state index contributed by atoms with van der Waals surface area (Å²) in [6.45, 7) is 4.77. The third kappa shape index (κ3) is 4.23. The lowest BCUT2D eigenvalue weighted by atomic mass is 9.82. The summed E-state index contributed by atoms with van der Waals surface area (Å²) < 4.78 is 14.4. The van der Waals surface area contributed by atoms with Crippen LogP contribution in [0.25, 0.3) is 116 Å². The first-order chi connectivity index (χ1) is 30.0. The minimum atomic E-state index is -0.218. The molecule has 0 aliphatic heterocycles. The molecule has 0 fully saturated rings. The van der Waals surface area contributed by atoms with Gasteiger partial charge in [-0.1, -0.05) is 117 Å². The van der Waals surface area contributed by atoms with Gasteiger partial charge in [0.15, 0.2) is 0 Å². The molecule has 0 bridgehead atoms. The van der Waals surface area contributed by atoms with E-state index in [4.69, 9.17) is 4.42 Å². The predicted molar refractivity (Wildman–Crippen MR) is 254 cm³/mol. The van der Waals surface area contributed by atoms with Crippen LogP contribution in [0.2, 0.25) is 0 Å². The van der Waals surface area contributed by atoms with Gasteiger partial charge in [-0.15, -0.1) is 0 Å². The fourth-order valence-electron chi connectivity index (χ4n) is 11.1. The zero-order valence-corrected chi connectivity index (χ0v) is 33.6. The van der Waals surface area contributed by atoms with Gasteiger partial charge in [0, 0.05) is 54.8 Å². The lowest BCUT2D eigenvalue weighted by Gasteiger charge is -2.23. The molecule has 0 amide bonds. The molecule has 1 aliphatic rings. The number of nitrogens with zero attached hydrogens (tertiary/aromatic N) is 3. The monoisotopic (exact) mass is 779 g/mol. The third-order valence-electron chi connectivity index (χ3n) is 13.8. The number of para-hydroxylation sites is 5. The van der Waals surface area contributed by atoms with Crippen molar-refractivity contribution in [3.8, 4) is 28.2 Å². The Morgan fingerprint density at radius 1 is 0.328 bits per heavy atom. The quantitative estimate of drug-likeness (QED) is 0.176. The van der Waals surface area contributed by atoms with Gasteiger partial charge in [-0.25, -0.2) is 0 Å². The number of hydrogen-bond acceptors (Lipinski definition) is 1. The van der Waals surface area contributed by atoms with E-state index in [1.54, 1.807) is 0 Å². The molecular formula is C57H37N3O. The highest BCUT2D eigenvalue weighted by molar-refractivity contribution is 6.29. The van der Waals surface area contributed by atoms with Crippen LogP contribution in [0.1, 0.15) is 25.0 Å². The van der Waals surface area contributed by atoms with Gasteiger partial charge in [0.1, 0.15) is 11.2 Å². The summed E-state index contributed by atoms with van der Waals surface area (Å²) in [5.41, 5.74) is 17.5. The van der Waals surface area contributed by atoms with E-state index in [9.17, 15) is 0 Å². The molecule has 0 N–H and O–H groups in total. The van der Waals surface area contributed by atoms with E-state index in [1.807, 2.05) is 0 Å². The maximum Gasteiger partial charge on any atom is 0.145 e. The van der Waals surface area contributed by atoms with Gasteiger partial charge in [0.25, 0.3) is 0 Å². The van der Waals surface area contributed by atoms with E-state index in [-0.39, 0.29) is 5.41 Å². The van der Waals surface area contributed by atoms with Crippen molar-refractivity contribution in [2.75, 3.05) is 0 Å². The molecule has 1 aliphatic carbocycles. The third-order valence-corrected chi connectivity index (χ3v) is 13.8. The lowest BCUT2D eigenvalue weighted by molar-refractivity contribution is 0.659. The second kappa shape index (κ2) is 11.7. The summed E-state index contributed by atoms with van der Waals surface area (Å²) in [4.78, 5) is 0. The smallest absolute Gasteiger partial charge is 0.145 e. The molecule has 0 radical (unpaired) electrons. The topological polar surface area (TPSA) is 27.9 Å². The second-order valence-corrected chi connectivity index (χ2v) is 17.3. The molecule has 0 spiro atoms. The second-order valence-electron chi connectivity index (χ2n) is 17.3. The fourth-order valence-corrected chi connectivity index (χ4v) is 11.1. The van der Waals surface area contributed by atoms with Gasteiger partial charge >= 0.3 is 0 Å². The Hall–Kier alpha value is -7.82. The van der Waals surface area contributed by atoms with Crippen molar-refractivity contribution < 1.29 is 4.42 Å². The first kappa shape index (κ1) is 33.1. The zero-order valence-electron chi connectivity index (χ0n) is 33.6. The van der Waals surface area contributed by atoms with Crippen molar-refractivity contribution in [3.05, 3.63) is 199 Å². The van der Waals surface area contributed by atoms with Crippen LogP contribution in [-0.2, 0) is 5.41 Å². The molecule has 4 aromatic heterocycles. The highest BCUT2D eigenvalue weighted by Crippen LogP contribution is 2.51. The summed E-state index contributed by atoms with van der Waals surface area (Å²) in [5, 5.41) is 9.48. The summed E-state index contributed by atoms with van der Waals surface area (Å²) in [6.07, 6.45) is 0. The first-order valence-electron chi connectivity index (χ1n) is 21.2. The molecule has 4 nitrogen and oxygen atoms in total. The Morgan fingerprint density at radius 3 is 1.21 bits per heavy atom. The minimum absolute atomic E-state index is 0.218. The molecule has 0 saturated heterocycles. The Bertz CT molecular complexity index is 3970. The van der Waals surface area contributed by atoms with Gasteiger partial charge in [0.05, 0.1) is 43.9 Å². The number of hydrogen-bond donors (Lipinski definition) is 0. The molecular weight excluding hydrogens is 743 g/mol. The fraction of sp³-hybridized carbons (Fsp3) is 0.0526. The van der Waals surface area contributed by atoms with Crippen LogP contribution in [0.4, 0.5) is 0 Å². The van der Waals surface area contributed by atoms with Gasteiger partial charge in [-0.05, 0) is 107 Å². The highest BCUT2D eigenvalue weighted by atomic mass is 16.3. The number of fused-ring (bicyclic) bond motifs is 17. The molecule has 0 unspecified atom stereocenters. The van der Waals surface area contributed by atoms with Crippen LogP contribution in [0.15, 0.2) is 192 Å². The molecule has 0 atom stereocenters. The summed E-state index contributed by atoms with van der Waals surface area (Å²) in [5.74, 6) is 0. The molecule has 13 aromatic rings. The number of rotatable bonds is 3. The average molecular weight is 780 g/mol. The van der Waals surface area contributed by atoms with E-state index in [0.717, 1.165) is 55.1 Å². The van der Waals surface area contributed by atoms with Crippen LogP contribution < -0.4 is 0 Å². The van der Waals surface area contributed by atoms with Crippen molar-refractivity contribution in [3.63, 3.8) is 0 Å². The summed E-state index contributed by atoms with van der Waals surface area (Å²) in [6, 6.07) is 68.9. The Balaban J connectivity index is 0.962. The maximum absolute atomic E-state index is 7.21. The molecule has 9 aromatic carbocycles. The van der Waals surface area contributed by atoms with E-state index < -0.39 is 0 Å². The normalized spacial score (nSPS) is 13.5. The summed E-state index contributed by atoms with van der Waals surface area (Å²) in [7, 11) is 0. The summed E-state index contributed by atoms with van der Waals surface area (Å²) >= 11 is 0. The average Bonchev–Trinajstić information content (AvgIpc) is 4.08. The maximum atomic E-state index is 7.21. The number of aromatic nitrogens is 3. The SMILES string of the molecule is CC1(C)c2cc(-n3c4ccccc4c4ccccc43)ccc2-c2ccc(-n3c4ccccc4c4c5oc6c(ccc7c6c6ccccc6n7-c6ccccc6)c5ccc43)cc21. The van der Waals surface area contributed by atoms with E-state index in [2.05, 4.69) is 216 Å². The van der Waals surface area contributed by atoms with Crippen LogP contribution in [0.5, 0.6) is 0 Å². The van der Waals surface area contributed by atoms with Crippen molar-refractivity contribution >= 4 is 87.4 Å². The van der Waals surface area contributed by atoms with E-state index in [0.29, 0.717) is 0 Å². The van der Waals surface area contributed by atoms with Gasteiger partial charge in [-0.3, -0.25) is 0 Å². The number of furan rings is 1. The molecule has 61 heavy (non-hydrogen) atoms. The lowest BCUT2D eigenvalue weighted by Crippen LogP contribution is -2.16. The van der Waals surface area contributed by atoms with Crippen LogP contribution in [-0.4, -0.2) is 13.7 Å². The van der Waals surface area contributed by atoms with Gasteiger partial charge < -0.3 is 18.1 Å². The van der Waals surface area contributed by atoms with Gasteiger partial charge in [-0.2, -0.15) is 0 Å². The van der Waals surface area contributed by atoms with Crippen molar-refractivity contribution in [2.24, 2.45) is 0 Å². The standard InChI is InChI=1S/C57H37N3O/c1-57(2)45-32-35(59-47-20-10-6-16-39(47)40-17-7-11-21-48(40)59)24-26-37(45)38-27-25-36(33-46(38)57)60-50-23-13-9-19-44(50)54-52(60)31-29-42-41-28-30-51-53(55(41)61-56(42)54)43-18-8-12-22-49(43)58(51)34-14-4-3-5-15-34/h3-33H,1-2H3. The van der Waals surface area contributed by atoms with Crippen molar-refractivity contribution in [1.29, 1.82) is 0 Å². The van der Waals surface area contributed by atoms with Gasteiger partial charge in [0.2, 0.25) is 0 Å². The largest absolute Gasteiger partial charge is 0.455 e. The van der Waals surface area contributed by atoms with E-state index in [1.165, 1.54) is 71.6 Å². The Kier molecular flexibility index (Phi) is 6.33. The minimum Gasteiger partial charge on any atom is -0.455 e. The molecule has 0 saturated carbocycles. The highest BCUT2D eigenvalue weighted by Gasteiger charge is 2.36. The Morgan fingerprint density at radius 2 is 0.721 bits per heavy atom. The van der Waals surface area contributed by atoms with Crippen LogP contribution in [0.3, 0.4) is 0 Å². The molecule has 286 valence electrons. The van der Waals surface area contributed by atoms with Crippen LogP contribution in [0, 0.1) is 0 Å². The molecule has 4 heteroatoms. The van der Waals surface area contributed by atoms with Crippen molar-refractivity contribution in [1.82, 2.24) is 13.7 Å². The van der Waals surface area contributed by atoms with E-state index >= 15 is 0 Å². The molecule has 14 rings (SSSR count).